The van der Waals surface area contributed by atoms with Crippen LogP contribution in [0.3, 0.4) is 0 Å². The molecule has 2 aromatic heterocycles. The Hall–Kier alpha value is -3.68. The largest absolute Gasteiger partial charge is 0.365 e. The summed E-state index contributed by atoms with van der Waals surface area (Å²) in [6.45, 7) is 2.05. The molecule has 1 fully saturated rings. The van der Waals surface area contributed by atoms with E-state index in [1.807, 2.05) is 35.2 Å². The average Bonchev–Trinajstić information content (AvgIpc) is 3.24. The molecule has 3 heterocycles. The molecule has 2 amide bonds. The van der Waals surface area contributed by atoms with E-state index >= 15 is 0 Å². The topological polar surface area (TPSA) is 106 Å². The molecule has 8 nitrogen and oxygen atoms in total. The highest BCUT2D eigenvalue weighted by Gasteiger charge is 2.27. The second-order valence-electron chi connectivity index (χ2n) is 6.46. The van der Waals surface area contributed by atoms with E-state index in [1.54, 1.807) is 29.3 Å². The number of carbonyl (C=O) groups excluding carboxylic acids is 2. The first-order chi connectivity index (χ1) is 13.6. The first-order valence-electron chi connectivity index (χ1n) is 8.94. The predicted octanol–water partition coefficient (Wildman–Crippen LogP) is 1.80. The lowest BCUT2D eigenvalue weighted by atomic mass is 10.1. The number of carbonyl (C=O) groups is 2. The van der Waals surface area contributed by atoms with Gasteiger partial charge >= 0.3 is 0 Å². The van der Waals surface area contributed by atoms with E-state index in [0.717, 1.165) is 5.56 Å². The van der Waals surface area contributed by atoms with Gasteiger partial charge in [0.25, 0.3) is 11.8 Å². The van der Waals surface area contributed by atoms with E-state index in [9.17, 15) is 9.59 Å². The van der Waals surface area contributed by atoms with Crippen molar-refractivity contribution in [2.24, 2.45) is 5.73 Å². The number of nitrogens with zero attached hydrogens (tertiary/aromatic N) is 4. The summed E-state index contributed by atoms with van der Waals surface area (Å²) in [6, 6.07) is 14.5. The lowest BCUT2D eigenvalue weighted by Crippen LogP contribution is -2.49. The molecule has 0 radical (unpaired) electrons. The molecule has 142 valence electrons. The Morgan fingerprint density at radius 3 is 2.46 bits per heavy atom. The van der Waals surface area contributed by atoms with Crippen molar-refractivity contribution in [1.29, 1.82) is 0 Å². The van der Waals surface area contributed by atoms with Crippen molar-refractivity contribution < 1.29 is 14.1 Å². The van der Waals surface area contributed by atoms with Crippen molar-refractivity contribution in [2.75, 3.05) is 31.1 Å². The average molecular weight is 377 g/mol. The van der Waals surface area contributed by atoms with E-state index in [0.29, 0.717) is 43.3 Å². The summed E-state index contributed by atoms with van der Waals surface area (Å²) in [7, 11) is 0. The number of anilines is 1. The third-order valence-electron chi connectivity index (χ3n) is 4.71. The Kier molecular flexibility index (Phi) is 4.76. The number of hydrogen-bond acceptors (Lipinski definition) is 6. The first kappa shape index (κ1) is 17.7. The first-order valence-corrected chi connectivity index (χ1v) is 8.94. The highest BCUT2D eigenvalue weighted by Crippen LogP contribution is 2.22. The third kappa shape index (κ3) is 3.44. The molecule has 2 N–H and O–H groups in total. The number of amides is 2. The van der Waals surface area contributed by atoms with Gasteiger partial charge in [-0.1, -0.05) is 35.5 Å². The maximum Gasteiger partial charge on any atom is 0.292 e. The van der Waals surface area contributed by atoms with E-state index < -0.39 is 5.91 Å². The quantitative estimate of drug-likeness (QED) is 0.743. The Balaban J connectivity index is 1.44. The molecule has 1 aliphatic heterocycles. The summed E-state index contributed by atoms with van der Waals surface area (Å²) in [5.41, 5.74) is 7.33. The molecular weight excluding hydrogens is 358 g/mol. The van der Waals surface area contributed by atoms with Crippen LogP contribution in [0.4, 0.5) is 5.82 Å². The van der Waals surface area contributed by atoms with E-state index in [2.05, 4.69) is 10.1 Å². The normalized spacial score (nSPS) is 14.1. The van der Waals surface area contributed by atoms with Crippen LogP contribution in [0, 0.1) is 0 Å². The standard InChI is InChI=1S/C20H19N5O3/c21-18(26)15-7-4-8-22-19(15)24-9-11-25(12-10-24)20(27)17-13-16(23-28-17)14-5-2-1-3-6-14/h1-8,13H,9-12H2,(H2,21,26). The SMILES string of the molecule is NC(=O)c1cccnc1N1CCN(C(=O)c2cc(-c3ccccc3)no2)CC1. The number of aromatic nitrogens is 2. The van der Waals surface area contributed by atoms with Crippen molar-refractivity contribution in [3.05, 3.63) is 66.1 Å². The van der Waals surface area contributed by atoms with Crippen LogP contribution in [0.25, 0.3) is 11.3 Å². The Morgan fingerprint density at radius 2 is 1.75 bits per heavy atom. The van der Waals surface area contributed by atoms with Crippen LogP contribution in [0.2, 0.25) is 0 Å². The molecular formula is C20H19N5O3. The van der Waals surface area contributed by atoms with Gasteiger partial charge in [0.15, 0.2) is 0 Å². The van der Waals surface area contributed by atoms with E-state index in [-0.39, 0.29) is 11.7 Å². The van der Waals surface area contributed by atoms with Crippen molar-refractivity contribution in [3.8, 4) is 11.3 Å². The van der Waals surface area contributed by atoms with Crippen LogP contribution in [0.15, 0.2) is 59.3 Å². The molecule has 1 saturated heterocycles. The van der Waals surface area contributed by atoms with Crippen molar-refractivity contribution in [1.82, 2.24) is 15.0 Å². The van der Waals surface area contributed by atoms with Gasteiger partial charge in [-0.05, 0) is 12.1 Å². The Bertz CT molecular complexity index is 994. The zero-order valence-electron chi connectivity index (χ0n) is 15.1. The zero-order valence-corrected chi connectivity index (χ0v) is 15.1. The van der Waals surface area contributed by atoms with Gasteiger partial charge in [0, 0.05) is 44.0 Å². The molecule has 0 unspecified atom stereocenters. The van der Waals surface area contributed by atoms with Crippen LogP contribution in [0.5, 0.6) is 0 Å². The van der Waals surface area contributed by atoms with Crippen LogP contribution >= 0.6 is 0 Å². The summed E-state index contributed by atoms with van der Waals surface area (Å²) in [4.78, 5) is 32.3. The van der Waals surface area contributed by atoms with Gasteiger partial charge in [-0.15, -0.1) is 0 Å². The molecule has 0 atom stereocenters. The number of primary amides is 1. The third-order valence-corrected chi connectivity index (χ3v) is 4.71. The Morgan fingerprint density at radius 1 is 1.00 bits per heavy atom. The zero-order chi connectivity index (χ0) is 19.5. The number of hydrogen-bond donors (Lipinski definition) is 1. The van der Waals surface area contributed by atoms with Gasteiger partial charge in [-0.3, -0.25) is 9.59 Å². The number of piperazine rings is 1. The predicted molar refractivity (Wildman–Crippen MR) is 103 cm³/mol. The molecule has 1 aromatic carbocycles. The molecule has 4 rings (SSSR count). The molecule has 3 aromatic rings. The molecule has 1 aliphatic rings. The van der Waals surface area contributed by atoms with Crippen molar-refractivity contribution in [2.45, 2.75) is 0 Å². The summed E-state index contributed by atoms with van der Waals surface area (Å²) < 4.78 is 5.27. The summed E-state index contributed by atoms with van der Waals surface area (Å²) in [5.74, 6) is 0.0401. The lowest BCUT2D eigenvalue weighted by Gasteiger charge is -2.35. The monoisotopic (exact) mass is 377 g/mol. The number of benzene rings is 1. The van der Waals surface area contributed by atoms with Crippen LogP contribution in [-0.2, 0) is 0 Å². The number of nitrogens with two attached hydrogens (primary N) is 1. The van der Waals surface area contributed by atoms with E-state index in [1.165, 1.54) is 0 Å². The Labute approximate surface area is 161 Å². The van der Waals surface area contributed by atoms with Crippen LogP contribution in [0.1, 0.15) is 20.9 Å². The molecule has 28 heavy (non-hydrogen) atoms. The fourth-order valence-corrected chi connectivity index (χ4v) is 3.24. The van der Waals surface area contributed by atoms with Gasteiger partial charge in [-0.25, -0.2) is 4.98 Å². The van der Waals surface area contributed by atoms with Gasteiger partial charge in [0.1, 0.15) is 11.5 Å². The maximum atomic E-state index is 12.7. The maximum absolute atomic E-state index is 12.7. The number of pyridine rings is 1. The number of rotatable bonds is 4. The van der Waals surface area contributed by atoms with Crippen LogP contribution in [-0.4, -0.2) is 53.0 Å². The molecule has 0 aliphatic carbocycles. The molecule has 8 heteroatoms. The second kappa shape index (κ2) is 7.51. The minimum Gasteiger partial charge on any atom is -0.365 e. The van der Waals surface area contributed by atoms with Gasteiger partial charge < -0.3 is 20.1 Å². The molecule has 0 spiro atoms. The summed E-state index contributed by atoms with van der Waals surface area (Å²) in [6.07, 6.45) is 1.62. The minimum atomic E-state index is -0.517. The fraction of sp³-hybridized carbons (Fsp3) is 0.200. The van der Waals surface area contributed by atoms with Crippen molar-refractivity contribution >= 4 is 17.6 Å². The van der Waals surface area contributed by atoms with Gasteiger partial charge in [0.05, 0.1) is 5.56 Å². The van der Waals surface area contributed by atoms with Gasteiger partial charge in [-0.2, -0.15) is 0 Å². The molecule has 0 saturated carbocycles. The highest BCUT2D eigenvalue weighted by atomic mass is 16.5. The van der Waals surface area contributed by atoms with E-state index in [4.69, 9.17) is 10.3 Å². The minimum absolute atomic E-state index is 0.203. The van der Waals surface area contributed by atoms with Crippen molar-refractivity contribution in [3.63, 3.8) is 0 Å². The lowest BCUT2D eigenvalue weighted by molar-refractivity contribution is 0.0704. The second-order valence-corrected chi connectivity index (χ2v) is 6.46. The van der Waals surface area contributed by atoms with Crippen LogP contribution < -0.4 is 10.6 Å². The van der Waals surface area contributed by atoms with Gasteiger partial charge in [0.2, 0.25) is 5.76 Å². The fourth-order valence-electron chi connectivity index (χ4n) is 3.24. The summed E-state index contributed by atoms with van der Waals surface area (Å²) >= 11 is 0. The summed E-state index contributed by atoms with van der Waals surface area (Å²) in [5, 5.41) is 4.00. The highest BCUT2D eigenvalue weighted by molar-refractivity contribution is 5.97. The smallest absolute Gasteiger partial charge is 0.292 e. The molecule has 0 bridgehead atoms.